The minimum absolute atomic E-state index is 0.504. The van der Waals surface area contributed by atoms with Crippen LogP contribution in [0.4, 0.5) is 0 Å². The van der Waals surface area contributed by atoms with Gasteiger partial charge in [-0.1, -0.05) is 30.3 Å². The van der Waals surface area contributed by atoms with Gasteiger partial charge in [0.25, 0.3) is 0 Å². The molecule has 4 heteroatoms. The van der Waals surface area contributed by atoms with Gasteiger partial charge in [0.05, 0.1) is 11.0 Å². The average Bonchev–Trinajstić information content (AvgIpc) is 3.06. The molecule has 1 aliphatic rings. The molecular formula is C22H27N3O. The van der Waals surface area contributed by atoms with Crippen molar-refractivity contribution in [2.45, 2.75) is 38.8 Å². The second kappa shape index (κ2) is 8.37. The van der Waals surface area contributed by atoms with Crippen LogP contribution in [0.3, 0.4) is 0 Å². The molecule has 0 saturated carbocycles. The smallest absolute Gasteiger partial charge is 0.147 e. The van der Waals surface area contributed by atoms with Crippen molar-refractivity contribution in [3.63, 3.8) is 0 Å². The zero-order chi connectivity index (χ0) is 17.6. The van der Waals surface area contributed by atoms with Crippen molar-refractivity contribution in [3.8, 4) is 5.75 Å². The van der Waals surface area contributed by atoms with Crippen LogP contribution in [-0.2, 0) is 13.2 Å². The van der Waals surface area contributed by atoms with Gasteiger partial charge in [-0.25, -0.2) is 4.98 Å². The van der Waals surface area contributed by atoms with Crippen LogP contribution in [0.25, 0.3) is 11.0 Å². The first-order valence-corrected chi connectivity index (χ1v) is 9.73. The molecule has 1 unspecified atom stereocenters. The largest absolute Gasteiger partial charge is 0.486 e. The Labute approximate surface area is 155 Å². The summed E-state index contributed by atoms with van der Waals surface area (Å²) in [6.45, 7) is 3.87. The van der Waals surface area contributed by atoms with Crippen molar-refractivity contribution in [1.29, 1.82) is 0 Å². The molecule has 0 aliphatic carbocycles. The van der Waals surface area contributed by atoms with Gasteiger partial charge in [-0.05, 0) is 69.0 Å². The van der Waals surface area contributed by atoms with Crippen molar-refractivity contribution in [2.75, 3.05) is 13.1 Å². The third kappa shape index (κ3) is 4.07. The number of fused-ring (bicyclic) bond motifs is 1. The molecule has 0 bridgehead atoms. The molecule has 0 spiro atoms. The van der Waals surface area contributed by atoms with Crippen LogP contribution in [0, 0.1) is 5.92 Å². The molecule has 2 heterocycles. The van der Waals surface area contributed by atoms with Gasteiger partial charge >= 0.3 is 0 Å². The molecular weight excluding hydrogens is 322 g/mol. The predicted molar refractivity (Wildman–Crippen MR) is 105 cm³/mol. The van der Waals surface area contributed by atoms with Crippen molar-refractivity contribution >= 4 is 11.0 Å². The predicted octanol–water partition coefficient (Wildman–Crippen LogP) is 4.40. The number of benzene rings is 2. The second-order valence-corrected chi connectivity index (χ2v) is 7.12. The highest BCUT2D eigenvalue weighted by Gasteiger charge is 2.14. The summed E-state index contributed by atoms with van der Waals surface area (Å²) in [6, 6.07) is 18.4. The van der Waals surface area contributed by atoms with E-state index in [1.54, 1.807) is 0 Å². The monoisotopic (exact) mass is 349 g/mol. The number of hydrogen-bond donors (Lipinski definition) is 1. The van der Waals surface area contributed by atoms with Gasteiger partial charge in [0.2, 0.25) is 0 Å². The maximum Gasteiger partial charge on any atom is 0.147 e. The van der Waals surface area contributed by atoms with Crippen LogP contribution in [0.1, 0.15) is 31.5 Å². The lowest BCUT2D eigenvalue weighted by molar-refractivity contribution is 0.287. The number of hydrogen-bond acceptors (Lipinski definition) is 3. The number of rotatable bonds is 7. The molecule has 26 heavy (non-hydrogen) atoms. The topological polar surface area (TPSA) is 39.1 Å². The van der Waals surface area contributed by atoms with Crippen molar-refractivity contribution in [3.05, 3.63) is 60.4 Å². The fraction of sp³-hybridized carbons (Fsp3) is 0.409. The summed E-state index contributed by atoms with van der Waals surface area (Å²) in [5.74, 6) is 2.72. The number of piperidine rings is 1. The molecule has 4 rings (SSSR count). The van der Waals surface area contributed by atoms with Crippen molar-refractivity contribution in [2.24, 2.45) is 5.92 Å². The molecule has 136 valence electrons. The van der Waals surface area contributed by atoms with Gasteiger partial charge in [-0.3, -0.25) is 0 Å². The number of nitrogens with one attached hydrogen (secondary N) is 1. The Kier molecular flexibility index (Phi) is 5.50. The standard InChI is InChI=1S/C22H27N3O/c1-2-10-19(11-3-1)26-17-22-24-20-12-4-5-13-21(20)25(22)15-7-9-18-8-6-14-23-16-18/h1-5,10-13,18,23H,6-9,14-17H2. The van der Waals surface area contributed by atoms with E-state index in [-0.39, 0.29) is 0 Å². The van der Waals surface area contributed by atoms with Gasteiger partial charge in [0, 0.05) is 6.54 Å². The maximum atomic E-state index is 5.97. The van der Waals surface area contributed by atoms with Crippen LogP contribution in [0.2, 0.25) is 0 Å². The van der Waals surface area contributed by atoms with E-state index in [0.717, 1.165) is 29.6 Å². The highest BCUT2D eigenvalue weighted by Crippen LogP contribution is 2.21. The normalized spacial score (nSPS) is 17.5. The van der Waals surface area contributed by atoms with Crippen LogP contribution in [-0.4, -0.2) is 22.6 Å². The van der Waals surface area contributed by atoms with Crippen LogP contribution in [0.5, 0.6) is 5.75 Å². The number of nitrogens with zero attached hydrogens (tertiary/aromatic N) is 2. The lowest BCUT2D eigenvalue weighted by Crippen LogP contribution is -2.29. The summed E-state index contributed by atoms with van der Waals surface area (Å²) >= 11 is 0. The van der Waals surface area contributed by atoms with Gasteiger partial charge in [-0.15, -0.1) is 0 Å². The minimum Gasteiger partial charge on any atom is -0.486 e. The third-order valence-electron chi connectivity index (χ3n) is 5.24. The molecule has 1 saturated heterocycles. The number of aromatic nitrogens is 2. The zero-order valence-electron chi connectivity index (χ0n) is 15.2. The summed E-state index contributed by atoms with van der Waals surface area (Å²) < 4.78 is 8.31. The molecule has 1 aliphatic heterocycles. The zero-order valence-corrected chi connectivity index (χ0v) is 15.2. The maximum absolute atomic E-state index is 5.97. The summed E-state index contributed by atoms with van der Waals surface area (Å²) in [4.78, 5) is 4.82. The van der Waals surface area contributed by atoms with E-state index in [0.29, 0.717) is 6.61 Å². The molecule has 0 amide bonds. The average molecular weight is 349 g/mol. The summed E-state index contributed by atoms with van der Waals surface area (Å²) in [7, 11) is 0. The fourth-order valence-corrected chi connectivity index (χ4v) is 3.86. The second-order valence-electron chi connectivity index (χ2n) is 7.12. The third-order valence-corrected chi connectivity index (χ3v) is 5.24. The molecule has 1 atom stereocenters. The van der Waals surface area contributed by atoms with Crippen molar-refractivity contribution < 1.29 is 4.74 Å². The van der Waals surface area contributed by atoms with E-state index in [9.17, 15) is 0 Å². The SMILES string of the molecule is c1ccc(OCc2nc3ccccc3n2CCCC2CCCNC2)cc1. The molecule has 1 aromatic heterocycles. The highest BCUT2D eigenvalue weighted by molar-refractivity contribution is 5.75. The minimum atomic E-state index is 0.504. The quantitative estimate of drug-likeness (QED) is 0.687. The van der Waals surface area contributed by atoms with Gasteiger partial charge < -0.3 is 14.6 Å². The molecule has 3 aromatic rings. The Morgan fingerprint density at radius 3 is 2.77 bits per heavy atom. The Balaban J connectivity index is 1.46. The fourth-order valence-electron chi connectivity index (χ4n) is 3.86. The molecule has 4 nitrogen and oxygen atoms in total. The molecule has 0 radical (unpaired) electrons. The lowest BCUT2D eigenvalue weighted by Gasteiger charge is -2.22. The van der Waals surface area contributed by atoms with E-state index in [2.05, 4.69) is 34.1 Å². The van der Waals surface area contributed by atoms with Gasteiger partial charge in [0.1, 0.15) is 18.2 Å². The number of aryl methyl sites for hydroxylation is 1. The summed E-state index contributed by atoms with van der Waals surface area (Å²) in [6.07, 6.45) is 5.14. The Morgan fingerprint density at radius 2 is 1.92 bits per heavy atom. The van der Waals surface area contributed by atoms with Crippen LogP contribution >= 0.6 is 0 Å². The first kappa shape index (κ1) is 17.1. The van der Waals surface area contributed by atoms with Gasteiger partial charge in [0.15, 0.2) is 0 Å². The van der Waals surface area contributed by atoms with E-state index in [1.807, 2.05) is 30.3 Å². The Morgan fingerprint density at radius 1 is 1.08 bits per heavy atom. The first-order chi connectivity index (χ1) is 12.9. The summed E-state index contributed by atoms with van der Waals surface area (Å²) in [5, 5.41) is 3.52. The van der Waals surface area contributed by atoms with E-state index >= 15 is 0 Å². The molecule has 1 N–H and O–H groups in total. The van der Waals surface area contributed by atoms with Crippen LogP contribution in [0.15, 0.2) is 54.6 Å². The van der Waals surface area contributed by atoms with Crippen molar-refractivity contribution in [1.82, 2.24) is 14.9 Å². The Bertz CT molecular complexity index is 822. The summed E-state index contributed by atoms with van der Waals surface area (Å²) in [5.41, 5.74) is 2.26. The van der Waals surface area contributed by atoms with E-state index in [4.69, 9.17) is 9.72 Å². The highest BCUT2D eigenvalue weighted by atomic mass is 16.5. The first-order valence-electron chi connectivity index (χ1n) is 9.73. The van der Waals surface area contributed by atoms with Gasteiger partial charge in [-0.2, -0.15) is 0 Å². The molecule has 2 aromatic carbocycles. The Hall–Kier alpha value is -2.33. The van der Waals surface area contributed by atoms with E-state index in [1.165, 1.54) is 44.3 Å². The molecule has 1 fully saturated rings. The van der Waals surface area contributed by atoms with Crippen LogP contribution < -0.4 is 10.1 Å². The number of para-hydroxylation sites is 3. The number of imidazole rings is 1. The lowest BCUT2D eigenvalue weighted by atomic mass is 9.95. The number of ether oxygens (including phenoxy) is 1. The van der Waals surface area contributed by atoms with E-state index < -0.39 is 0 Å².